The number of aromatic nitrogens is 2. The van der Waals surface area contributed by atoms with Crippen LogP contribution in [-0.2, 0) is 4.79 Å². The maximum Gasteiger partial charge on any atom is 0.271 e. The Morgan fingerprint density at radius 3 is 2.81 bits per heavy atom. The smallest absolute Gasteiger partial charge is 0.271 e. The molecule has 8 nitrogen and oxygen atoms in total. The van der Waals surface area contributed by atoms with E-state index in [4.69, 9.17) is 16.3 Å². The van der Waals surface area contributed by atoms with Gasteiger partial charge in [0.1, 0.15) is 5.75 Å². The van der Waals surface area contributed by atoms with Gasteiger partial charge < -0.3 is 15.0 Å². The third kappa shape index (κ3) is 4.32. The number of nitrogens with one attached hydrogen (secondary N) is 2. The number of carbonyl (C=O) groups excluding carboxylic acids is 1. The normalized spacial score (nSPS) is 12.0. The summed E-state index contributed by atoms with van der Waals surface area (Å²) >= 11 is 7.26. The molecule has 0 saturated heterocycles. The van der Waals surface area contributed by atoms with Crippen LogP contribution >= 0.6 is 23.4 Å². The molecule has 0 aliphatic heterocycles. The Hall–Kier alpha value is -2.78. The Morgan fingerprint density at radius 2 is 2.15 bits per heavy atom. The molecular formula is C17H15ClN4O4S. The summed E-state index contributed by atoms with van der Waals surface area (Å²) in [6.45, 7) is 1.73. The van der Waals surface area contributed by atoms with Gasteiger partial charge in [-0.3, -0.25) is 14.9 Å². The van der Waals surface area contributed by atoms with Crippen molar-refractivity contribution in [3.63, 3.8) is 0 Å². The topological polar surface area (TPSA) is 110 Å². The maximum absolute atomic E-state index is 12.4. The number of nitro groups is 1. The molecule has 0 aliphatic rings. The van der Waals surface area contributed by atoms with E-state index in [-0.39, 0.29) is 16.6 Å². The predicted molar refractivity (Wildman–Crippen MR) is 105 cm³/mol. The first-order valence-corrected chi connectivity index (χ1v) is 9.08. The number of aromatic amines is 1. The summed E-state index contributed by atoms with van der Waals surface area (Å²) in [7, 11) is 1.59. The van der Waals surface area contributed by atoms with Crippen molar-refractivity contribution in [2.45, 2.75) is 17.3 Å². The van der Waals surface area contributed by atoms with Crippen molar-refractivity contribution in [3.05, 3.63) is 51.5 Å². The number of carbonyl (C=O) groups is 1. The number of nitrogens with zero attached hydrogens (tertiary/aromatic N) is 2. The van der Waals surface area contributed by atoms with Gasteiger partial charge >= 0.3 is 0 Å². The average molecular weight is 407 g/mol. The van der Waals surface area contributed by atoms with Crippen molar-refractivity contribution >= 4 is 51.7 Å². The lowest BCUT2D eigenvalue weighted by atomic mass is 10.2. The van der Waals surface area contributed by atoms with Gasteiger partial charge in [-0.05, 0) is 25.1 Å². The highest BCUT2D eigenvalue weighted by molar-refractivity contribution is 8.00. The van der Waals surface area contributed by atoms with Gasteiger partial charge in [-0.15, -0.1) is 0 Å². The van der Waals surface area contributed by atoms with E-state index in [1.807, 2.05) is 18.2 Å². The van der Waals surface area contributed by atoms with Gasteiger partial charge in [-0.25, -0.2) is 4.98 Å². The molecule has 1 heterocycles. The van der Waals surface area contributed by atoms with E-state index >= 15 is 0 Å². The van der Waals surface area contributed by atoms with E-state index in [1.165, 1.54) is 30.0 Å². The zero-order chi connectivity index (χ0) is 19.6. The molecule has 3 aromatic rings. The van der Waals surface area contributed by atoms with Gasteiger partial charge in [0.2, 0.25) is 5.91 Å². The molecule has 2 N–H and O–H groups in total. The van der Waals surface area contributed by atoms with Crippen LogP contribution in [0.4, 0.5) is 11.4 Å². The first kappa shape index (κ1) is 19.0. The van der Waals surface area contributed by atoms with E-state index in [2.05, 4.69) is 15.3 Å². The van der Waals surface area contributed by atoms with E-state index in [0.717, 1.165) is 11.0 Å². The fraction of sp³-hybridized carbons (Fsp3) is 0.176. The fourth-order valence-electron chi connectivity index (χ4n) is 2.32. The second-order valence-corrected chi connectivity index (χ2v) is 7.33. The lowest BCUT2D eigenvalue weighted by Gasteiger charge is -2.11. The number of H-pyrrole nitrogens is 1. The first-order chi connectivity index (χ1) is 12.9. The van der Waals surface area contributed by atoms with Gasteiger partial charge in [0.25, 0.3) is 5.69 Å². The third-order valence-electron chi connectivity index (χ3n) is 3.75. The molecule has 0 unspecified atom stereocenters. The minimum absolute atomic E-state index is 0.102. The molecule has 0 fully saturated rings. The van der Waals surface area contributed by atoms with Gasteiger partial charge in [-0.1, -0.05) is 23.4 Å². The number of anilines is 1. The molecule has 0 radical (unpaired) electrons. The second-order valence-electron chi connectivity index (χ2n) is 5.60. The molecular weight excluding hydrogens is 392 g/mol. The van der Waals surface area contributed by atoms with Crippen LogP contribution in [0.2, 0.25) is 5.02 Å². The van der Waals surface area contributed by atoms with E-state index in [0.29, 0.717) is 16.6 Å². The van der Waals surface area contributed by atoms with Crippen molar-refractivity contribution in [1.82, 2.24) is 9.97 Å². The van der Waals surface area contributed by atoms with E-state index in [1.54, 1.807) is 14.0 Å². The van der Waals surface area contributed by atoms with Crippen LogP contribution in [0.15, 0.2) is 41.6 Å². The summed E-state index contributed by atoms with van der Waals surface area (Å²) in [5, 5.41) is 13.6. The predicted octanol–water partition coefficient (Wildman–Crippen LogP) is 4.25. The number of imidazole rings is 1. The first-order valence-electron chi connectivity index (χ1n) is 7.82. The van der Waals surface area contributed by atoms with Crippen molar-refractivity contribution in [2.24, 2.45) is 0 Å². The Labute approximate surface area is 163 Å². The number of halogens is 1. The van der Waals surface area contributed by atoms with Crippen molar-refractivity contribution in [3.8, 4) is 5.75 Å². The number of hydrogen-bond donors (Lipinski definition) is 2. The average Bonchev–Trinajstić information content (AvgIpc) is 3.04. The Balaban J connectivity index is 1.69. The maximum atomic E-state index is 12.4. The summed E-state index contributed by atoms with van der Waals surface area (Å²) in [4.78, 5) is 30.2. The number of non-ortho nitro benzene ring substituents is 1. The highest BCUT2D eigenvalue weighted by atomic mass is 35.5. The Morgan fingerprint density at radius 1 is 1.37 bits per heavy atom. The zero-order valence-electron chi connectivity index (χ0n) is 14.4. The van der Waals surface area contributed by atoms with Crippen LogP contribution in [0, 0.1) is 10.1 Å². The fourth-order valence-corrected chi connectivity index (χ4v) is 3.37. The summed E-state index contributed by atoms with van der Waals surface area (Å²) < 4.78 is 5.18. The molecule has 0 aliphatic carbocycles. The number of benzene rings is 2. The molecule has 140 valence electrons. The SMILES string of the molecule is COc1ccc2nc(S[C@H](C)C(=O)Nc3ccc([N+](=O)[O-])cc3Cl)[nH]c2c1. The van der Waals surface area contributed by atoms with Gasteiger partial charge in [0.15, 0.2) is 5.16 Å². The van der Waals surface area contributed by atoms with Crippen molar-refractivity contribution in [2.75, 3.05) is 12.4 Å². The summed E-state index contributed by atoms with van der Waals surface area (Å²) in [6, 6.07) is 9.35. The molecule has 0 saturated carbocycles. The van der Waals surface area contributed by atoms with Crippen molar-refractivity contribution in [1.29, 1.82) is 0 Å². The van der Waals surface area contributed by atoms with Crippen molar-refractivity contribution < 1.29 is 14.5 Å². The lowest BCUT2D eigenvalue weighted by Crippen LogP contribution is -2.22. The molecule has 0 bridgehead atoms. The molecule has 1 atom stereocenters. The van der Waals surface area contributed by atoms with Crippen LogP contribution in [0.3, 0.4) is 0 Å². The standard InChI is InChI=1S/C17H15ClN4O4S/c1-9(16(23)19-13-5-3-10(22(24)25)7-12(13)18)27-17-20-14-6-4-11(26-2)8-15(14)21-17/h3-9H,1-2H3,(H,19,23)(H,20,21)/t9-/m1/s1. The monoisotopic (exact) mass is 406 g/mol. The Kier molecular flexibility index (Phi) is 5.52. The lowest BCUT2D eigenvalue weighted by molar-refractivity contribution is -0.384. The van der Waals surface area contributed by atoms with Gasteiger partial charge in [0.05, 0.1) is 39.0 Å². The number of thioether (sulfide) groups is 1. The largest absolute Gasteiger partial charge is 0.497 e. The molecule has 3 rings (SSSR count). The van der Waals surface area contributed by atoms with E-state index < -0.39 is 10.2 Å². The number of hydrogen-bond acceptors (Lipinski definition) is 6. The molecule has 1 amide bonds. The molecule has 1 aromatic heterocycles. The second kappa shape index (κ2) is 7.85. The molecule has 2 aromatic carbocycles. The third-order valence-corrected chi connectivity index (χ3v) is 5.04. The summed E-state index contributed by atoms with van der Waals surface area (Å²) in [6.07, 6.45) is 0. The Bertz CT molecular complexity index is 1020. The van der Waals surface area contributed by atoms with Crippen LogP contribution in [0.1, 0.15) is 6.92 Å². The van der Waals surface area contributed by atoms with Crippen LogP contribution < -0.4 is 10.1 Å². The van der Waals surface area contributed by atoms with E-state index in [9.17, 15) is 14.9 Å². The summed E-state index contributed by atoms with van der Waals surface area (Å²) in [5.41, 5.74) is 1.75. The van der Waals surface area contributed by atoms with Crippen LogP contribution in [0.25, 0.3) is 11.0 Å². The highest BCUT2D eigenvalue weighted by Gasteiger charge is 2.19. The number of rotatable bonds is 6. The molecule has 27 heavy (non-hydrogen) atoms. The highest BCUT2D eigenvalue weighted by Crippen LogP contribution is 2.29. The number of nitro benzene ring substituents is 1. The number of fused-ring (bicyclic) bond motifs is 1. The van der Waals surface area contributed by atoms with Gasteiger partial charge in [0, 0.05) is 18.2 Å². The number of ether oxygens (including phenoxy) is 1. The van der Waals surface area contributed by atoms with Gasteiger partial charge in [-0.2, -0.15) is 0 Å². The molecule has 10 heteroatoms. The number of methoxy groups -OCH3 is 1. The minimum atomic E-state index is -0.549. The minimum Gasteiger partial charge on any atom is -0.497 e. The zero-order valence-corrected chi connectivity index (χ0v) is 15.9. The quantitative estimate of drug-likeness (QED) is 0.359. The van der Waals surface area contributed by atoms with Crippen LogP contribution in [0.5, 0.6) is 5.75 Å². The number of amides is 1. The summed E-state index contributed by atoms with van der Waals surface area (Å²) in [5.74, 6) is 0.412. The van der Waals surface area contributed by atoms with Crippen LogP contribution in [-0.4, -0.2) is 33.2 Å². The molecule has 0 spiro atoms.